The third kappa shape index (κ3) is 8.08. The van der Waals surface area contributed by atoms with E-state index < -0.39 is 0 Å². The van der Waals surface area contributed by atoms with E-state index in [1.807, 2.05) is 6.92 Å². The second kappa shape index (κ2) is 12.4. The van der Waals surface area contributed by atoms with Gasteiger partial charge in [0.2, 0.25) is 0 Å². The molecule has 0 bridgehead atoms. The fourth-order valence-corrected chi connectivity index (χ4v) is 4.73. The molecule has 6 heteroatoms. The highest BCUT2D eigenvalue weighted by Crippen LogP contribution is 2.36. The summed E-state index contributed by atoms with van der Waals surface area (Å²) in [6.45, 7) is 11.2. The van der Waals surface area contributed by atoms with Crippen LogP contribution in [-0.4, -0.2) is 41.2 Å². The number of hydrogen-bond donors (Lipinski definition) is 3. The van der Waals surface area contributed by atoms with Crippen molar-refractivity contribution in [1.29, 1.82) is 0 Å². The number of ketones is 1. The molecule has 0 radical (unpaired) electrons. The number of aliphatic hydroxyl groups excluding tert-OH is 1. The lowest BCUT2D eigenvalue weighted by atomic mass is 9.91. The summed E-state index contributed by atoms with van der Waals surface area (Å²) in [5, 5.41) is 16.4. The highest BCUT2D eigenvalue weighted by Gasteiger charge is 2.25. The van der Waals surface area contributed by atoms with Crippen LogP contribution in [0.1, 0.15) is 84.6 Å². The number of thiocarbonyl (C=S) groups is 1. The predicted octanol–water partition coefficient (Wildman–Crippen LogP) is 5.23. The molecule has 1 aromatic carbocycles. The second-order valence-corrected chi connectivity index (χ2v) is 10.0. The standard InChI is InChI=1S/C25H41N3O2S/c1-17(2)15-28(22-9-7-6-8-10-22)24-12-11-21(18(3)13-20(5)30)14-23(24)27-25(31)26-19(4)16-29/h11-12,14,17-19,22,29H,6-10,13,15-16H2,1-5H3,(H2,26,27,31)/t18?,19-/m0/s1. The number of carbonyl (C=O) groups is 1. The lowest BCUT2D eigenvalue weighted by molar-refractivity contribution is -0.117. The first-order valence-electron chi connectivity index (χ1n) is 11.8. The number of rotatable bonds is 10. The molecule has 1 aromatic rings. The zero-order valence-corrected chi connectivity index (χ0v) is 20.7. The van der Waals surface area contributed by atoms with Crippen molar-refractivity contribution in [2.45, 2.75) is 91.1 Å². The monoisotopic (exact) mass is 447 g/mol. The van der Waals surface area contributed by atoms with Crippen LogP contribution >= 0.6 is 12.2 Å². The SMILES string of the molecule is CC(=O)CC(C)c1ccc(N(CC(C)C)C2CCCCC2)c(NC(=S)N[C@@H](C)CO)c1. The van der Waals surface area contributed by atoms with Gasteiger partial charge in [0, 0.05) is 25.0 Å². The van der Waals surface area contributed by atoms with Gasteiger partial charge in [-0.05, 0) is 68.4 Å². The molecule has 2 rings (SSSR count). The van der Waals surface area contributed by atoms with Crippen LogP contribution in [0.3, 0.4) is 0 Å². The molecule has 1 unspecified atom stereocenters. The van der Waals surface area contributed by atoms with E-state index in [9.17, 15) is 9.90 Å². The Balaban J connectivity index is 2.41. The Morgan fingerprint density at radius 3 is 2.45 bits per heavy atom. The molecule has 1 aliphatic rings. The first kappa shape index (κ1) is 25.6. The fraction of sp³-hybridized carbons (Fsp3) is 0.680. The first-order chi connectivity index (χ1) is 14.7. The number of benzene rings is 1. The number of nitrogens with one attached hydrogen (secondary N) is 2. The molecule has 3 N–H and O–H groups in total. The van der Waals surface area contributed by atoms with Crippen LogP contribution in [0.15, 0.2) is 18.2 Å². The number of aliphatic hydroxyl groups is 1. The van der Waals surface area contributed by atoms with Crippen molar-refractivity contribution in [1.82, 2.24) is 5.32 Å². The van der Waals surface area contributed by atoms with E-state index in [2.05, 4.69) is 54.5 Å². The summed E-state index contributed by atoms with van der Waals surface area (Å²) < 4.78 is 0. The van der Waals surface area contributed by atoms with Gasteiger partial charge in [0.05, 0.1) is 18.0 Å². The summed E-state index contributed by atoms with van der Waals surface area (Å²) in [4.78, 5) is 14.2. The molecule has 0 heterocycles. The van der Waals surface area contributed by atoms with E-state index in [4.69, 9.17) is 12.2 Å². The molecule has 2 atom stereocenters. The molecule has 5 nitrogen and oxygen atoms in total. The number of hydrogen-bond acceptors (Lipinski definition) is 4. The summed E-state index contributed by atoms with van der Waals surface area (Å²) >= 11 is 5.54. The summed E-state index contributed by atoms with van der Waals surface area (Å²) in [6, 6.07) is 6.93. The number of nitrogens with zero attached hydrogens (tertiary/aromatic N) is 1. The van der Waals surface area contributed by atoms with Crippen LogP contribution in [0.2, 0.25) is 0 Å². The molecule has 0 spiro atoms. The van der Waals surface area contributed by atoms with Gasteiger partial charge in [-0.15, -0.1) is 0 Å². The summed E-state index contributed by atoms with van der Waals surface area (Å²) in [7, 11) is 0. The molecular weight excluding hydrogens is 406 g/mol. The average molecular weight is 448 g/mol. The molecule has 31 heavy (non-hydrogen) atoms. The van der Waals surface area contributed by atoms with Gasteiger partial charge >= 0.3 is 0 Å². The third-order valence-electron chi connectivity index (χ3n) is 5.97. The lowest BCUT2D eigenvalue weighted by Crippen LogP contribution is -2.41. The Morgan fingerprint density at radius 1 is 1.19 bits per heavy atom. The molecule has 0 aliphatic heterocycles. The van der Waals surface area contributed by atoms with Crippen molar-refractivity contribution in [3.05, 3.63) is 23.8 Å². The molecule has 0 aromatic heterocycles. The molecule has 1 fully saturated rings. The van der Waals surface area contributed by atoms with Crippen molar-refractivity contribution in [3.8, 4) is 0 Å². The minimum atomic E-state index is -0.117. The maximum atomic E-state index is 11.7. The van der Waals surface area contributed by atoms with Gasteiger partial charge in [-0.25, -0.2) is 0 Å². The normalized spacial score (nSPS) is 16.6. The highest BCUT2D eigenvalue weighted by molar-refractivity contribution is 7.80. The predicted molar refractivity (Wildman–Crippen MR) is 135 cm³/mol. The zero-order valence-electron chi connectivity index (χ0n) is 19.9. The van der Waals surface area contributed by atoms with Gasteiger partial charge in [-0.2, -0.15) is 0 Å². The minimum absolute atomic E-state index is 0.0198. The van der Waals surface area contributed by atoms with Crippen molar-refractivity contribution >= 4 is 34.5 Å². The molecular formula is C25H41N3O2S. The highest BCUT2D eigenvalue weighted by atomic mass is 32.1. The van der Waals surface area contributed by atoms with E-state index in [-0.39, 0.29) is 24.3 Å². The quantitative estimate of drug-likeness (QED) is 0.427. The van der Waals surface area contributed by atoms with Crippen LogP contribution in [-0.2, 0) is 4.79 Å². The molecule has 1 aliphatic carbocycles. The third-order valence-corrected chi connectivity index (χ3v) is 6.19. The van der Waals surface area contributed by atoms with Crippen LogP contribution < -0.4 is 15.5 Å². The van der Waals surface area contributed by atoms with Crippen molar-refractivity contribution < 1.29 is 9.90 Å². The number of anilines is 2. The maximum Gasteiger partial charge on any atom is 0.171 e. The summed E-state index contributed by atoms with van der Waals surface area (Å²) in [5.41, 5.74) is 3.27. The van der Waals surface area contributed by atoms with E-state index in [1.54, 1.807) is 6.92 Å². The summed E-state index contributed by atoms with van der Waals surface area (Å²) in [5.74, 6) is 0.896. The summed E-state index contributed by atoms with van der Waals surface area (Å²) in [6.07, 6.45) is 6.86. The average Bonchev–Trinajstić information content (AvgIpc) is 2.72. The maximum absolute atomic E-state index is 11.7. The van der Waals surface area contributed by atoms with Gasteiger partial charge < -0.3 is 25.4 Å². The number of Topliss-reactive ketones (excluding diaryl/α,β-unsaturated/α-hetero) is 1. The van der Waals surface area contributed by atoms with E-state index >= 15 is 0 Å². The van der Waals surface area contributed by atoms with Crippen LogP contribution in [0.4, 0.5) is 11.4 Å². The molecule has 174 valence electrons. The minimum Gasteiger partial charge on any atom is -0.394 e. The largest absolute Gasteiger partial charge is 0.394 e. The molecule has 0 saturated heterocycles. The lowest BCUT2D eigenvalue weighted by Gasteiger charge is -2.39. The van der Waals surface area contributed by atoms with Gasteiger partial charge in [0.1, 0.15) is 5.78 Å². The van der Waals surface area contributed by atoms with Crippen LogP contribution in [0, 0.1) is 5.92 Å². The molecule has 1 saturated carbocycles. The Kier molecular flexibility index (Phi) is 10.2. The van der Waals surface area contributed by atoms with E-state index in [1.165, 1.54) is 37.8 Å². The van der Waals surface area contributed by atoms with E-state index in [0.717, 1.165) is 17.8 Å². The van der Waals surface area contributed by atoms with Crippen molar-refractivity contribution in [2.75, 3.05) is 23.4 Å². The van der Waals surface area contributed by atoms with Crippen molar-refractivity contribution in [2.24, 2.45) is 5.92 Å². The smallest absolute Gasteiger partial charge is 0.171 e. The molecule has 0 amide bonds. The van der Waals surface area contributed by atoms with Crippen molar-refractivity contribution in [3.63, 3.8) is 0 Å². The Hall–Kier alpha value is -1.66. The fourth-order valence-electron chi connectivity index (χ4n) is 4.42. The van der Waals surface area contributed by atoms with Crippen LogP contribution in [0.5, 0.6) is 0 Å². The van der Waals surface area contributed by atoms with Gasteiger partial charge in [0.25, 0.3) is 0 Å². The van der Waals surface area contributed by atoms with Gasteiger partial charge in [-0.1, -0.05) is 46.1 Å². The Labute approximate surface area is 194 Å². The van der Waals surface area contributed by atoms with E-state index in [0.29, 0.717) is 23.5 Å². The first-order valence-corrected chi connectivity index (χ1v) is 12.2. The topological polar surface area (TPSA) is 64.6 Å². The Bertz CT molecular complexity index is 731. The number of carbonyl (C=O) groups excluding carboxylic acids is 1. The zero-order chi connectivity index (χ0) is 23.0. The van der Waals surface area contributed by atoms with Gasteiger partial charge in [-0.3, -0.25) is 0 Å². The van der Waals surface area contributed by atoms with Gasteiger partial charge in [0.15, 0.2) is 5.11 Å². The second-order valence-electron chi connectivity index (χ2n) is 9.60. The Morgan fingerprint density at radius 2 is 1.87 bits per heavy atom. The van der Waals surface area contributed by atoms with Crippen LogP contribution in [0.25, 0.3) is 0 Å².